The van der Waals surface area contributed by atoms with E-state index in [2.05, 4.69) is 40.3 Å². The van der Waals surface area contributed by atoms with Gasteiger partial charge in [-0.05, 0) is 150 Å². The van der Waals surface area contributed by atoms with Crippen LogP contribution in [0.15, 0.2) is 91.0 Å². The Bertz CT molecular complexity index is 1780. The van der Waals surface area contributed by atoms with E-state index in [0.29, 0.717) is 23.9 Å². The topological polar surface area (TPSA) is 73.9 Å². The maximum atomic E-state index is 12.7. The molecule has 6 aliphatic rings. The molecule has 2 amide bonds. The fourth-order valence-corrected chi connectivity index (χ4v) is 12.1. The van der Waals surface area contributed by atoms with Crippen molar-refractivity contribution >= 4 is 69.6 Å². The summed E-state index contributed by atoms with van der Waals surface area (Å²) in [6, 6.07) is 25.1. The van der Waals surface area contributed by atoms with E-state index < -0.39 is 0 Å². The van der Waals surface area contributed by atoms with Gasteiger partial charge in [0.05, 0.1) is 19.9 Å². The predicted molar refractivity (Wildman–Crippen MR) is 211 cm³/mol. The summed E-state index contributed by atoms with van der Waals surface area (Å²) >= 11 is 12.5. The highest BCUT2D eigenvalue weighted by molar-refractivity contribution is 8.01. The number of fused-ring (bicyclic) bond motifs is 6. The number of rotatable bonds is 9. The Kier molecular flexibility index (Phi) is 12.0. The van der Waals surface area contributed by atoms with Gasteiger partial charge in [0.15, 0.2) is 5.06 Å². The number of ether oxygens (including phenoxy) is 1. The normalized spacial score (nSPS) is 27.7. The average molecular weight is 782 g/mol. The molecule has 4 bridgehead atoms. The molecule has 0 radical (unpaired) electrons. The number of benzene rings is 2. The molecule has 2 aromatic carbocycles. The van der Waals surface area contributed by atoms with Crippen molar-refractivity contribution in [2.24, 2.45) is 11.8 Å². The second-order valence-electron chi connectivity index (χ2n) is 13.8. The Hall–Kier alpha value is -2.51. The summed E-state index contributed by atoms with van der Waals surface area (Å²) in [5, 5.41) is 7.49. The van der Waals surface area contributed by atoms with Crippen molar-refractivity contribution in [2.45, 2.75) is 81.9 Å². The zero-order chi connectivity index (χ0) is 35.5. The molecule has 10 rings (SSSR count). The molecule has 2 N–H and O–H groups in total. The van der Waals surface area contributed by atoms with Crippen molar-refractivity contribution < 1.29 is 14.3 Å². The smallest absolute Gasteiger partial charge is 0.251 e. The van der Waals surface area contributed by atoms with Crippen molar-refractivity contribution in [1.29, 1.82) is 0 Å². The monoisotopic (exact) mass is 780 g/mol. The molecule has 2 aromatic heterocycles. The highest BCUT2D eigenvalue weighted by Gasteiger charge is 2.41. The van der Waals surface area contributed by atoms with Crippen LogP contribution in [0.2, 0.25) is 4.34 Å². The Balaban J connectivity index is 0.000000159. The zero-order valence-corrected chi connectivity index (χ0v) is 33.2. The summed E-state index contributed by atoms with van der Waals surface area (Å²) in [6.45, 7) is 9.19. The van der Waals surface area contributed by atoms with Crippen LogP contribution >= 0.6 is 57.8 Å². The van der Waals surface area contributed by atoms with Crippen molar-refractivity contribution in [2.75, 3.05) is 33.3 Å². The fourth-order valence-electron chi connectivity index (χ4n) is 7.96. The van der Waals surface area contributed by atoms with Gasteiger partial charge in [0.2, 0.25) is 0 Å². The number of nitrogens with one attached hydrogen (secondary N) is 2. The number of nitrogens with zero attached hydrogens (tertiary/aromatic N) is 2. The highest BCUT2D eigenvalue weighted by Crippen LogP contribution is 2.38. The summed E-state index contributed by atoms with van der Waals surface area (Å²) in [7, 11) is 1.68. The molecule has 0 unspecified atom stereocenters. The Morgan fingerprint density at radius 1 is 0.667 bits per heavy atom. The van der Waals surface area contributed by atoms with Crippen LogP contribution in [0.4, 0.5) is 0 Å². The van der Waals surface area contributed by atoms with E-state index >= 15 is 0 Å². The Labute approximate surface area is 322 Å². The molecule has 6 fully saturated rings. The summed E-state index contributed by atoms with van der Waals surface area (Å²) in [6.07, 6.45) is 4.81. The van der Waals surface area contributed by atoms with Crippen LogP contribution in [0.5, 0.6) is 5.06 Å². The van der Waals surface area contributed by atoms with Crippen LogP contribution in [0.1, 0.15) is 60.2 Å². The molecule has 51 heavy (non-hydrogen) atoms. The first-order valence-electron chi connectivity index (χ1n) is 17.8. The second kappa shape index (κ2) is 16.7. The second-order valence-corrected chi connectivity index (χ2v) is 19.3. The van der Waals surface area contributed by atoms with Gasteiger partial charge in [0.25, 0.3) is 11.8 Å². The van der Waals surface area contributed by atoms with Gasteiger partial charge in [-0.15, -0.1) is 11.3 Å². The molecule has 0 aliphatic carbocycles. The van der Waals surface area contributed by atoms with Gasteiger partial charge in [-0.1, -0.05) is 46.5 Å². The Morgan fingerprint density at radius 2 is 1.10 bits per heavy atom. The molecule has 4 atom stereocenters. The van der Waals surface area contributed by atoms with Gasteiger partial charge >= 0.3 is 0 Å². The maximum absolute atomic E-state index is 12.7. The van der Waals surface area contributed by atoms with Crippen LogP contribution in [0.25, 0.3) is 0 Å². The van der Waals surface area contributed by atoms with Crippen molar-refractivity contribution in [3.63, 3.8) is 0 Å². The third-order valence-electron chi connectivity index (χ3n) is 10.9. The molecule has 270 valence electrons. The molecule has 6 aliphatic heterocycles. The minimum absolute atomic E-state index is 0.0429. The number of hydrogen-bond donors (Lipinski definition) is 2. The number of thiophene rings is 2. The standard InChI is InChI=1S/C20H24N2O2S2.C19H21ClN2OS2/c1-13-19(14-9-11-22(13)12-10-14)21-20(23)15-3-5-16(6-4-15)25-18-8-7-17(24-2)26-18;1-12-18(13-8-10-22(12)11-9-13)21-19(23)14-2-4-15(5-3-14)24-17-7-6-16(20)25-17/h3-8,13-14,19H,9-12H2,1-2H3,(H,21,23);2-7,12-13,18H,8-11H2,1H3,(H,21,23)/t13-,19-;12-,18-/m00/s1. The van der Waals surface area contributed by atoms with Gasteiger partial charge in [0, 0.05) is 45.1 Å². The summed E-state index contributed by atoms with van der Waals surface area (Å²) in [4.78, 5) is 32.6. The fraction of sp³-hybridized carbons (Fsp3) is 0.436. The van der Waals surface area contributed by atoms with Crippen LogP contribution in [-0.4, -0.2) is 79.1 Å². The first kappa shape index (κ1) is 36.8. The number of piperidine rings is 6. The molecule has 4 aromatic rings. The number of halogens is 1. The van der Waals surface area contributed by atoms with E-state index in [4.69, 9.17) is 16.3 Å². The average Bonchev–Trinajstić information content (AvgIpc) is 3.80. The maximum Gasteiger partial charge on any atom is 0.251 e. The SMILES string of the molecule is COc1ccc(Sc2ccc(C(=O)N[C@@H]3C4CCN(CC4)[C@H]3C)cc2)s1.C[C@H]1[C@H](NC(=O)c2ccc(Sc3ccc(Cl)s3)cc2)C2CCN1CC2. The van der Waals surface area contributed by atoms with Crippen LogP contribution in [-0.2, 0) is 0 Å². The zero-order valence-electron chi connectivity index (χ0n) is 29.2. The molecule has 0 saturated carbocycles. The number of hydrogen-bond acceptors (Lipinski definition) is 9. The van der Waals surface area contributed by atoms with Gasteiger partial charge in [0.1, 0.15) is 0 Å². The molecule has 8 heterocycles. The molecule has 12 heteroatoms. The highest BCUT2D eigenvalue weighted by atomic mass is 35.5. The Morgan fingerprint density at radius 3 is 1.47 bits per heavy atom. The van der Waals surface area contributed by atoms with Crippen LogP contribution < -0.4 is 15.4 Å². The van der Waals surface area contributed by atoms with E-state index in [1.54, 1.807) is 53.3 Å². The van der Waals surface area contributed by atoms with Crippen molar-refractivity contribution in [3.05, 3.63) is 88.3 Å². The van der Waals surface area contributed by atoms with Gasteiger partial charge in [-0.3, -0.25) is 19.4 Å². The third-order valence-corrected chi connectivity index (χ3v) is 15.5. The van der Waals surface area contributed by atoms with E-state index in [1.807, 2.05) is 66.7 Å². The van der Waals surface area contributed by atoms with Gasteiger partial charge < -0.3 is 15.4 Å². The summed E-state index contributed by atoms with van der Waals surface area (Å²) in [5.74, 6) is 1.34. The van der Waals surface area contributed by atoms with E-state index in [1.165, 1.54) is 56.1 Å². The van der Waals surface area contributed by atoms with E-state index in [-0.39, 0.29) is 23.9 Å². The molecular formula is C39H45ClN4O3S4. The molecular weight excluding hydrogens is 736 g/mol. The first-order valence-corrected chi connectivity index (χ1v) is 21.4. The van der Waals surface area contributed by atoms with Gasteiger partial charge in [-0.2, -0.15) is 0 Å². The van der Waals surface area contributed by atoms with Crippen LogP contribution in [0.3, 0.4) is 0 Å². The first-order chi connectivity index (χ1) is 24.7. The number of carbonyl (C=O) groups excluding carboxylic acids is 2. The van der Waals surface area contributed by atoms with E-state index in [9.17, 15) is 9.59 Å². The lowest BCUT2D eigenvalue weighted by Gasteiger charge is -2.49. The lowest BCUT2D eigenvalue weighted by Crippen LogP contribution is -2.62. The van der Waals surface area contributed by atoms with Crippen molar-refractivity contribution in [3.8, 4) is 5.06 Å². The van der Waals surface area contributed by atoms with E-state index in [0.717, 1.165) is 34.5 Å². The quantitative estimate of drug-likeness (QED) is 0.176. The minimum Gasteiger partial charge on any atom is -0.487 e. The lowest BCUT2D eigenvalue weighted by molar-refractivity contribution is 0.0217. The molecule has 7 nitrogen and oxygen atoms in total. The largest absolute Gasteiger partial charge is 0.487 e. The summed E-state index contributed by atoms with van der Waals surface area (Å²) in [5.41, 5.74) is 1.47. The van der Waals surface area contributed by atoms with Crippen LogP contribution in [0, 0.1) is 11.8 Å². The number of carbonyl (C=O) groups is 2. The third kappa shape index (κ3) is 8.83. The number of amides is 2. The molecule has 6 saturated heterocycles. The van der Waals surface area contributed by atoms with Gasteiger partial charge in [-0.25, -0.2) is 0 Å². The number of methoxy groups -OCH3 is 1. The van der Waals surface area contributed by atoms with Crippen molar-refractivity contribution in [1.82, 2.24) is 20.4 Å². The summed E-state index contributed by atoms with van der Waals surface area (Å²) < 4.78 is 8.37. The molecule has 0 spiro atoms. The predicted octanol–water partition coefficient (Wildman–Crippen LogP) is 8.89. The lowest BCUT2D eigenvalue weighted by atomic mass is 9.79. The minimum atomic E-state index is 0.0429.